The topological polar surface area (TPSA) is 117 Å². The number of benzene rings is 1. The van der Waals surface area contributed by atoms with Crippen molar-refractivity contribution in [1.82, 2.24) is 20.1 Å². The molecule has 2 aliphatic rings. The molecule has 0 aliphatic carbocycles. The van der Waals surface area contributed by atoms with Gasteiger partial charge in [-0.25, -0.2) is 0 Å². The number of imide groups is 2. The minimum atomic E-state index is -0.466. The van der Waals surface area contributed by atoms with E-state index in [1.54, 1.807) is 30.6 Å². The monoisotopic (exact) mass is 492 g/mol. The highest BCUT2D eigenvalue weighted by molar-refractivity contribution is 8.18. The van der Waals surface area contributed by atoms with Crippen molar-refractivity contribution in [1.29, 1.82) is 0 Å². The van der Waals surface area contributed by atoms with E-state index in [0.717, 1.165) is 16.7 Å². The van der Waals surface area contributed by atoms with E-state index in [1.807, 2.05) is 13.8 Å². The first kappa shape index (κ1) is 24.3. The summed E-state index contributed by atoms with van der Waals surface area (Å²) in [6.45, 7) is 4.41. The van der Waals surface area contributed by atoms with Crippen molar-refractivity contribution in [3.8, 4) is 0 Å². The van der Waals surface area contributed by atoms with Crippen molar-refractivity contribution >= 4 is 46.7 Å². The maximum Gasteiger partial charge on any atom is 0.293 e. The van der Waals surface area contributed by atoms with E-state index in [9.17, 15) is 24.0 Å². The predicted octanol–water partition coefficient (Wildman–Crippen LogP) is 3.19. The SMILES string of the molecule is CC(C)CCN1C(=O)c2ccc(C(=O)NCCN3C(=O)S/C(=C\c4cccnc4)C3=O)cc2C1=O. The lowest BCUT2D eigenvalue weighted by Gasteiger charge is -2.14. The number of rotatable bonds is 8. The van der Waals surface area contributed by atoms with Crippen molar-refractivity contribution in [2.45, 2.75) is 20.3 Å². The van der Waals surface area contributed by atoms with Crippen LogP contribution >= 0.6 is 11.8 Å². The molecular weight excluding hydrogens is 468 g/mol. The first-order valence-corrected chi connectivity index (χ1v) is 12.0. The maximum atomic E-state index is 12.7. The lowest BCUT2D eigenvalue weighted by Crippen LogP contribution is -2.37. The largest absolute Gasteiger partial charge is 0.350 e. The second-order valence-corrected chi connectivity index (χ2v) is 9.57. The highest BCUT2D eigenvalue weighted by Gasteiger charge is 2.36. The Kier molecular flexibility index (Phi) is 7.11. The molecule has 0 radical (unpaired) electrons. The third-order valence-corrected chi connectivity index (χ3v) is 6.55. The summed E-state index contributed by atoms with van der Waals surface area (Å²) in [5.74, 6) is -1.31. The molecule has 180 valence electrons. The molecule has 0 unspecified atom stereocenters. The molecule has 0 bridgehead atoms. The molecule has 3 heterocycles. The van der Waals surface area contributed by atoms with Gasteiger partial charge in [0.15, 0.2) is 0 Å². The molecule has 1 fully saturated rings. The Balaban J connectivity index is 1.36. The van der Waals surface area contributed by atoms with Gasteiger partial charge in [0.05, 0.1) is 16.0 Å². The van der Waals surface area contributed by atoms with Gasteiger partial charge in [-0.15, -0.1) is 0 Å². The summed E-state index contributed by atoms with van der Waals surface area (Å²) >= 11 is 0.836. The summed E-state index contributed by atoms with van der Waals surface area (Å²) in [5, 5.41) is 2.25. The molecule has 1 aromatic heterocycles. The summed E-state index contributed by atoms with van der Waals surface area (Å²) in [5.41, 5.74) is 1.42. The number of nitrogens with one attached hydrogen (secondary N) is 1. The number of aromatic nitrogens is 1. The molecule has 0 atom stereocenters. The fourth-order valence-corrected chi connectivity index (χ4v) is 4.58. The van der Waals surface area contributed by atoms with Crippen LogP contribution in [0.25, 0.3) is 6.08 Å². The lowest BCUT2D eigenvalue weighted by molar-refractivity contribution is -0.122. The average Bonchev–Trinajstić information content (AvgIpc) is 3.24. The highest BCUT2D eigenvalue weighted by atomic mass is 32.2. The molecule has 35 heavy (non-hydrogen) atoms. The average molecular weight is 493 g/mol. The summed E-state index contributed by atoms with van der Waals surface area (Å²) in [6.07, 6.45) is 5.50. The standard InChI is InChI=1S/C25H24N4O5S/c1-15(2)7-10-28-22(31)18-6-5-17(13-19(18)23(28)32)21(30)27-9-11-29-24(33)20(35-25(29)34)12-16-4-3-8-26-14-16/h3-6,8,12-15H,7,9-11H2,1-2H3,(H,27,30)/b20-12-. The van der Waals surface area contributed by atoms with Gasteiger partial charge in [-0.1, -0.05) is 19.9 Å². The van der Waals surface area contributed by atoms with Crippen molar-refractivity contribution in [2.24, 2.45) is 5.92 Å². The fraction of sp³-hybridized carbons (Fsp3) is 0.280. The first-order chi connectivity index (χ1) is 16.8. The minimum Gasteiger partial charge on any atom is -0.350 e. The van der Waals surface area contributed by atoms with Crippen molar-refractivity contribution in [2.75, 3.05) is 19.6 Å². The Morgan fingerprint density at radius 1 is 1.03 bits per heavy atom. The van der Waals surface area contributed by atoms with Crippen LogP contribution in [0.5, 0.6) is 0 Å². The number of amides is 5. The third kappa shape index (κ3) is 5.17. The highest BCUT2D eigenvalue weighted by Crippen LogP contribution is 2.31. The van der Waals surface area contributed by atoms with E-state index in [1.165, 1.54) is 23.1 Å². The van der Waals surface area contributed by atoms with E-state index in [-0.39, 0.29) is 40.6 Å². The van der Waals surface area contributed by atoms with Crippen LogP contribution in [-0.4, -0.2) is 63.3 Å². The minimum absolute atomic E-state index is 0.00607. The van der Waals surface area contributed by atoms with Crippen LogP contribution in [0.15, 0.2) is 47.6 Å². The summed E-state index contributed by atoms with van der Waals surface area (Å²) in [7, 11) is 0. The van der Waals surface area contributed by atoms with Crippen LogP contribution in [0, 0.1) is 5.92 Å². The van der Waals surface area contributed by atoms with E-state index >= 15 is 0 Å². The smallest absolute Gasteiger partial charge is 0.293 e. The molecule has 5 amide bonds. The van der Waals surface area contributed by atoms with Gasteiger partial charge in [0.25, 0.3) is 28.9 Å². The van der Waals surface area contributed by atoms with E-state index < -0.39 is 23.0 Å². The number of carbonyl (C=O) groups is 5. The van der Waals surface area contributed by atoms with E-state index in [4.69, 9.17) is 0 Å². The molecular formula is C25H24N4O5S. The molecule has 1 N–H and O–H groups in total. The number of fused-ring (bicyclic) bond motifs is 1. The molecule has 0 spiro atoms. The molecule has 10 heteroatoms. The number of hydrogen-bond acceptors (Lipinski definition) is 7. The van der Waals surface area contributed by atoms with Gasteiger partial charge in [-0.05, 0) is 60.0 Å². The van der Waals surface area contributed by atoms with Gasteiger partial charge >= 0.3 is 0 Å². The number of carbonyl (C=O) groups excluding carboxylic acids is 5. The lowest BCUT2D eigenvalue weighted by atomic mass is 10.1. The van der Waals surface area contributed by atoms with Crippen LogP contribution in [0.2, 0.25) is 0 Å². The summed E-state index contributed by atoms with van der Waals surface area (Å²) in [4.78, 5) is 69.3. The van der Waals surface area contributed by atoms with Crippen LogP contribution < -0.4 is 5.32 Å². The van der Waals surface area contributed by atoms with Crippen LogP contribution in [-0.2, 0) is 4.79 Å². The third-order valence-electron chi connectivity index (χ3n) is 5.64. The number of thioether (sulfide) groups is 1. The zero-order valence-electron chi connectivity index (χ0n) is 19.3. The molecule has 1 aromatic carbocycles. The Hall–Kier alpha value is -3.79. The Morgan fingerprint density at radius 2 is 1.80 bits per heavy atom. The Morgan fingerprint density at radius 3 is 2.51 bits per heavy atom. The van der Waals surface area contributed by atoms with Crippen molar-refractivity contribution in [3.63, 3.8) is 0 Å². The zero-order chi connectivity index (χ0) is 25.1. The second-order valence-electron chi connectivity index (χ2n) is 8.58. The van der Waals surface area contributed by atoms with Gasteiger partial charge in [-0.3, -0.25) is 38.8 Å². The molecule has 0 saturated carbocycles. The van der Waals surface area contributed by atoms with Crippen LogP contribution in [0.3, 0.4) is 0 Å². The molecule has 9 nitrogen and oxygen atoms in total. The van der Waals surface area contributed by atoms with Crippen molar-refractivity contribution in [3.05, 3.63) is 69.9 Å². The van der Waals surface area contributed by atoms with Gasteiger partial charge in [0, 0.05) is 37.6 Å². The van der Waals surface area contributed by atoms with Gasteiger partial charge in [0.1, 0.15) is 0 Å². The van der Waals surface area contributed by atoms with E-state index in [0.29, 0.717) is 24.4 Å². The van der Waals surface area contributed by atoms with Crippen LogP contribution in [0.1, 0.15) is 56.9 Å². The fourth-order valence-electron chi connectivity index (χ4n) is 3.71. The molecule has 2 aliphatic heterocycles. The molecule has 1 saturated heterocycles. The van der Waals surface area contributed by atoms with Crippen LogP contribution in [0.4, 0.5) is 4.79 Å². The van der Waals surface area contributed by atoms with E-state index in [2.05, 4.69) is 10.3 Å². The molecule has 4 rings (SSSR count). The quantitative estimate of drug-likeness (QED) is 0.444. The number of pyridine rings is 1. The van der Waals surface area contributed by atoms with Gasteiger partial charge in [-0.2, -0.15) is 0 Å². The normalized spacial score (nSPS) is 16.6. The number of hydrogen-bond donors (Lipinski definition) is 1. The van der Waals surface area contributed by atoms with Gasteiger partial charge in [0.2, 0.25) is 0 Å². The first-order valence-electron chi connectivity index (χ1n) is 11.2. The summed E-state index contributed by atoms with van der Waals surface area (Å²) in [6, 6.07) is 7.90. The number of nitrogens with zero attached hydrogens (tertiary/aromatic N) is 3. The summed E-state index contributed by atoms with van der Waals surface area (Å²) < 4.78 is 0. The van der Waals surface area contributed by atoms with Crippen molar-refractivity contribution < 1.29 is 24.0 Å². The predicted molar refractivity (Wildman–Crippen MR) is 131 cm³/mol. The Bertz CT molecular complexity index is 1240. The Labute approximate surface area is 206 Å². The molecule has 2 aromatic rings. The zero-order valence-corrected chi connectivity index (χ0v) is 20.1. The second kappa shape index (κ2) is 10.2. The van der Waals surface area contributed by atoms with Gasteiger partial charge < -0.3 is 5.32 Å². The maximum absolute atomic E-state index is 12.7.